The van der Waals surface area contributed by atoms with Crippen LogP contribution in [0.4, 0.5) is 15.8 Å². The number of hydrogen-bond acceptors (Lipinski definition) is 4. The van der Waals surface area contributed by atoms with Gasteiger partial charge < -0.3 is 10.2 Å². The molecule has 0 unspecified atom stereocenters. The van der Waals surface area contributed by atoms with Gasteiger partial charge in [0.2, 0.25) is 0 Å². The predicted molar refractivity (Wildman–Crippen MR) is 79.9 cm³/mol. The van der Waals surface area contributed by atoms with Crippen molar-refractivity contribution in [3.05, 3.63) is 35.8 Å². The molecule has 1 N–H and O–H groups in total. The molecule has 2 rings (SSSR count). The van der Waals surface area contributed by atoms with Gasteiger partial charge in [-0.3, -0.25) is 0 Å². The Morgan fingerprint density at radius 3 is 2.62 bits per heavy atom. The molecule has 21 heavy (non-hydrogen) atoms. The number of halogens is 1. The minimum Gasteiger partial charge on any atom is -0.370 e. The summed E-state index contributed by atoms with van der Waals surface area (Å²) in [6, 6.07) is 8.09. The number of benzene rings is 1. The van der Waals surface area contributed by atoms with Crippen molar-refractivity contribution >= 4 is 11.4 Å². The number of anilines is 2. The van der Waals surface area contributed by atoms with Crippen molar-refractivity contribution < 1.29 is 4.39 Å². The Hall–Kier alpha value is -2.53. The van der Waals surface area contributed by atoms with Crippen LogP contribution in [-0.2, 0) is 0 Å². The van der Waals surface area contributed by atoms with E-state index in [0.717, 1.165) is 31.6 Å². The summed E-state index contributed by atoms with van der Waals surface area (Å²) in [5.74, 6) is 0.359. The van der Waals surface area contributed by atoms with Crippen LogP contribution in [0.25, 0.3) is 0 Å². The van der Waals surface area contributed by atoms with Gasteiger partial charge in [-0.25, -0.2) is 4.39 Å². The molecule has 0 aromatic heterocycles. The molecular weight excluding hydrogens is 267 g/mol. The second kappa shape index (κ2) is 6.76. The molecule has 4 nitrogen and oxygen atoms in total. The van der Waals surface area contributed by atoms with E-state index >= 15 is 0 Å². The first kappa shape index (κ1) is 14.9. The summed E-state index contributed by atoms with van der Waals surface area (Å²) in [5.41, 5.74) is 1.43. The first-order valence-corrected chi connectivity index (χ1v) is 6.95. The Kier molecular flexibility index (Phi) is 4.79. The quantitative estimate of drug-likeness (QED) is 0.864. The summed E-state index contributed by atoms with van der Waals surface area (Å²) in [6.45, 7) is 4.08. The maximum absolute atomic E-state index is 13.5. The summed E-state index contributed by atoms with van der Waals surface area (Å²) in [6.07, 6.45) is 3.52. The molecule has 1 aliphatic rings. The van der Waals surface area contributed by atoms with Crippen LogP contribution in [0, 0.1) is 34.4 Å². The van der Waals surface area contributed by atoms with Crippen molar-refractivity contribution in [2.45, 2.75) is 19.8 Å². The Morgan fingerprint density at radius 2 is 2.00 bits per heavy atom. The smallest absolute Gasteiger partial charge is 0.145 e. The second-order valence-corrected chi connectivity index (χ2v) is 5.26. The highest BCUT2D eigenvalue weighted by atomic mass is 19.1. The van der Waals surface area contributed by atoms with E-state index in [1.165, 1.54) is 18.3 Å². The van der Waals surface area contributed by atoms with Crippen molar-refractivity contribution in [2.75, 3.05) is 23.3 Å². The lowest BCUT2D eigenvalue weighted by Crippen LogP contribution is -2.33. The summed E-state index contributed by atoms with van der Waals surface area (Å²) in [7, 11) is 0. The molecule has 1 aromatic rings. The second-order valence-electron chi connectivity index (χ2n) is 5.26. The van der Waals surface area contributed by atoms with Gasteiger partial charge >= 0.3 is 0 Å². The highest BCUT2D eigenvalue weighted by Gasteiger charge is 2.18. The maximum atomic E-state index is 13.5. The molecule has 1 fully saturated rings. The van der Waals surface area contributed by atoms with Gasteiger partial charge in [-0.15, -0.1) is 0 Å². The van der Waals surface area contributed by atoms with Gasteiger partial charge in [-0.2, -0.15) is 10.5 Å². The predicted octanol–water partition coefficient (Wildman–Crippen LogP) is 3.40. The molecule has 0 saturated carbocycles. The van der Waals surface area contributed by atoms with Crippen molar-refractivity contribution in [1.82, 2.24) is 0 Å². The van der Waals surface area contributed by atoms with Gasteiger partial charge in [0.15, 0.2) is 0 Å². The third kappa shape index (κ3) is 3.73. The van der Waals surface area contributed by atoms with Crippen LogP contribution < -0.4 is 10.2 Å². The van der Waals surface area contributed by atoms with Crippen LogP contribution >= 0.6 is 0 Å². The number of nitrogens with zero attached hydrogens (tertiary/aromatic N) is 3. The summed E-state index contributed by atoms with van der Waals surface area (Å²) in [4.78, 5) is 2.20. The van der Waals surface area contributed by atoms with Crippen molar-refractivity contribution in [3.63, 3.8) is 0 Å². The summed E-state index contributed by atoms with van der Waals surface area (Å²) < 4.78 is 13.5. The largest absolute Gasteiger partial charge is 0.370 e. The van der Waals surface area contributed by atoms with E-state index in [0.29, 0.717) is 11.6 Å². The molecule has 1 saturated heterocycles. The standard InChI is InChI=1S/C16H17FN4/c1-12-4-6-21(7-5-12)16-3-2-14(17)8-15(16)20-11-13(9-18)10-19/h2-3,8,11-12,20H,4-7H2,1H3. The Labute approximate surface area is 124 Å². The fourth-order valence-electron chi connectivity index (χ4n) is 2.39. The lowest BCUT2D eigenvalue weighted by atomic mass is 9.98. The first-order valence-electron chi connectivity index (χ1n) is 6.95. The highest BCUT2D eigenvalue weighted by molar-refractivity contribution is 5.71. The average Bonchev–Trinajstić information content (AvgIpc) is 2.49. The monoisotopic (exact) mass is 284 g/mol. The van der Waals surface area contributed by atoms with E-state index in [2.05, 4.69) is 17.1 Å². The van der Waals surface area contributed by atoms with E-state index in [-0.39, 0.29) is 11.4 Å². The van der Waals surface area contributed by atoms with Crippen LogP contribution in [0.5, 0.6) is 0 Å². The Bertz CT molecular complexity index is 600. The van der Waals surface area contributed by atoms with E-state index < -0.39 is 0 Å². The number of piperidine rings is 1. The van der Waals surface area contributed by atoms with Crippen molar-refractivity contribution in [1.29, 1.82) is 10.5 Å². The number of hydrogen-bond donors (Lipinski definition) is 1. The van der Waals surface area contributed by atoms with E-state index in [4.69, 9.17) is 10.5 Å². The van der Waals surface area contributed by atoms with Crippen molar-refractivity contribution in [2.24, 2.45) is 5.92 Å². The van der Waals surface area contributed by atoms with Crippen molar-refractivity contribution in [3.8, 4) is 12.1 Å². The minimum atomic E-state index is -0.351. The third-order valence-corrected chi connectivity index (χ3v) is 3.70. The molecule has 0 bridgehead atoms. The van der Waals surface area contributed by atoms with Gasteiger partial charge in [0.1, 0.15) is 23.5 Å². The molecular formula is C16H17FN4. The normalized spacial score (nSPS) is 15.0. The molecule has 1 aromatic carbocycles. The molecule has 1 heterocycles. The molecule has 0 radical (unpaired) electrons. The molecule has 0 spiro atoms. The lowest BCUT2D eigenvalue weighted by Gasteiger charge is -2.33. The number of rotatable bonds is 3. The third-order valence-electron chi connectivity index (χ3n) is 3.70. The maximum Gasteiger partial charge on any atom is 0.145 e. The zero-order valence-electron chi connectivity index (χ0n) is 11.9. The number of nitrogens with one attached hydrogen (secondary N) is 1. The summed E-state index contributed by atoms with van der Waals surface area (Å²) in [5, 5.41) is 20.4. The molecule has 0 atom stereocenters. The van der Waals surface area contributed by atoms with E-state index in [1.54, 1.807) is 18.2 Å². The van der Waals surface area contributed by atoms with Crippen LogP contribution in [0.15, 0.2) is 30.0 Å². The van der Waals surface area contributed by atoms with Gasteiger partial charge in [0.25, 0.3) is 0 Å². The Balaban J connectivity index is 2.24. The first-order chi connectivity index (χ1) is 10.1. The topological polar surface area (TPSA) is 62.9 Å². The molecule has 108 valence electrons. The van der Waals surface area contributed by atoms with Gasteiger partial charge in [-0.05, 0) is 37.0 Å². The fraction of sp³-hybridized carbons (Fsp3) is 0.375. The molecule has 5 heteroatoms. The minimum absolute atomic E-state index is 0.0440. The van der Waals surface area contributed by atoms with Crippen LogP contribution in [0.1, 0.15) is 19.8 Å². The Morgan fingerprint density at radius 1 is 1.33 bits per heavy atom. The van der Waals surface area contributed by atoms with Gasteiger partial charge in [-0.1, -0.05) is 6.92 Å². The SMILES string of the molecule is CC1CCN(c2ccc(F)cc2NC=C(C#N)C#N)CC1. The van der Waals surface area contributed by atoms with Crippen LogP contribution in [0.3, 0.4) is 0 Å². The molecule has 0 aliphatic carbocycles. The number of allylic oxidation sites excluding steroid dienone is 1. The highest BCUT2D eigenvalue weighted by Crippen LogP contribution is 2.30. The van der Waals surface area contributed by atoms with E-state index in [9.17, 15) is 4.39 Å². The zero-order valence-corrected chi connectivity index (χ0v) is 11.9. The van der Waals surface area contributed by atoms with Gasteiger partial charge in [0.05, 0.1) is 11.4 Å². The number of nitriles is 2. The molecule has 0 amide bonds. The van der Waals surface area contributed by atoms with Crippen LogP contribution in [-0.4, -0.2) is 13.1 Å². The average molecular weight is 284 g/mol. The molecule has 1 aliphatic heterocycles. The summed E-state index contributed by atoms with van der Waals surface area (Å²) >= 11 is 0. The fourth-order valence-corrected chi connectivity index (χ4v) is 2.39. The van der Waals surface area contributed by atoms with E-state index in [1.807, 2.05) is 0 Å². The lowest BCUT2D eigenvalue weighted by molar-refractivity contribution is 0.438. The van der Waals surface area contributed by atoms with Gasteiger partial charge in [0, 0.05) is 19.3 Å². The zero-order chi connectivity index (χ0) is 15.2. The van der Waals surface area contributed by atoms with Crippen LogP contribution in [0.2, 0.25) is 0 Å².